The second-order valence-electron chi connectivity index (χ2n) is 8.52. The van der Waals surface area contributed by atoms with E-state index in [0.717, 1.165) is 12.1 Å². The first-order valence-corrected chi connectivity index (χ1v) is 12.2. The summed E-state index contributed by atoms with van der Waals surface area (Å²) in [7, 11) is 0. The maximum Gasteiger partial charge on any atom is 0.296 e. The van der Waals surface area contributed by atoms with Gasteiger partial charge < -0.3 is 13.9 Å². The molecule has 0 aliphatic carbocycles. The summed E-state index contributed by atoms with van der Waals surface area (Å²) in [6.07, 6.45) is 0.849. The van der Waals surface area contributed by atoms with Crippen LogP contribution in [0.3, 0.4) is 0 Å². The molecule has 184 valence electrons. The Bertz CT molecular complexity index is 1530. The number of carbonyl (C=O) groups is 1. The molecule has 2 aromatic carbocycles. The molecule has 0 saturated heterocycles. The largest absolute Gasteiger partial charge is 0.490 e. The van der Waals surface area contributed by atoms with Crippen molar-refractivity contribution in [2.45, 2.75) is 33.2 Å². The molecule has 7 nitrogen and oxygen atoms in total. The molecule has 1 aliphatic rings. The molecule has 2 aromatic heterocycles. The fourth-order valence-corrected chi connectivity index (χ4v) is 4.63. The standard InChI is InChI=1S/C28H25ClN2O5/c1-4-13-35-21-11-9-17(14-22(21)34-5-2)25-24-26(32)19-15-18(29)10-12-20(19)36-27(24)28(33)31(25)23-8-6-7-16(3)30-23/h6-12,14-15,25H,4-5,13H2,1-3H3. The number of nitrogens with zero attached hydrogens (tertiary/aromatic N) is 2. The topological polar surface area (TPSA) is 81.9 Å². The zero-order chi connectivity index (χ0) is 25.4. The molecule has 36 heavy (non-hydrogen) atoms. The zero-order valence-corrected chi connectivity index (χ0v) is 21.0. The predicted octanol–water partition coefficient (Wildman–Crippen LogP) is 6.09. The number of anilines is 1. The maximum absolute atomic E-state index is 13.8. The van der Waals surface area contributed by atoms with Gasteiger partial charge >= 0.3 is 0 Å². The molecule has 1 unspecified atom stereocenters. The number of ether oxygens (including phenoxy) is 2. The quantitative estimate of drug-likeness (QED) is 0.303. The van der Waals surface area contributed by atoms with Crippen LogP contribution in [0.1, 0.15) is 53.7 Å². The summed E-state index contributed by atoms with van der Waals surface area (Å²) in [4.78, 5) is 33.6. The number of halogens is 1. The first kappa shape index (κ1) is 23.9. The van der Waals surface area contributed by atoms with Gasteiger partial charge in [0.2, 0.25) is 5.76 Å². The SMILES string of the molecule is CCCOc1ccc(C2c3c(oc4ccc(Cl)cc4c3=O)C(=O)N2c2cccc(C)n2)cc1OCC. The minimum absolute atomic E-state index is 0.00704. The van der Waals surface area contributed by atoms with E-state index in [4.69, 9.17) is 25.5 Å². The minimum atomic E-state index is -0.777. The molecule has 4 aromatic rings. The lowest BCUT2D eigenvalue weighted by atomic mass is 9.98. The number of carbonyl (C=O) groups excluding carboxylic acids is 1. The van der Waals surface area contributed by atoms with E-state index >= 15 is 0 Å². The van der Waals surface area contributed by atoms with Gasteiger partial charge in [-0.25, -0.2) is 4.98 Å². The Hall–Kier alpha value is -3.84. The molecule has 0 radical (unpaired) electrons. The Morgan fingerprint density at radius 3 is 2.61 bits per heavy atom. The highest BCUT2D eigenvalue weighted by atomic mass is 35.5. The van der Waals surface area contributed by atoms with Crippen LogP contribution in [0.4, 0.5) is 5.82 Å². The molecule has 1 aliphatic heterocycles. The summed E-state index contributed by atoms with van der Waals surface area (Å²) in [5.41, 5.74) is 1.64. The number of aryl methyl sites for hydroxylation is 1. The van der Waals surface area contributed by atoms with Crippen molar-refractivity contribution in [3.63, 3.8) is 0 Å². The normalized spacial score (nSPS) is 14.8. The molecule has 0 saturated carbocycles. The third-order valence-corrected chi connectivity index (χ3v) is 6.23. The van der Waals surface area contributed by atoms with Crippen LogP contribution in [0.5, 0.6) is 11.5 Å². The number of hydrogen-bond acceptors (Lipinski definition) is 6. The Kier molecular flexibility index (Phi) is 6.41. The van der Waals surface area contributed by atoms with E-state index in [1.807, 2.05) is 45.0 Å². The van der Waals surface area contributed by atoms with Crippen molar-refractivity contribution in [2.75, 3.05) is 18.1 Å². The summed E-state index contributed by atoms with van der Waals surface area (Å²) >= 11 is 6.18. The monoisotopic (exact) mass is 504 g/mol. The first-order chi connectivity index (χ1) is 17.4. The molecule has 1 amide bonds. The summed E-state index contributed by atoms with van der Waals surface area (Å²) in [5, 5.41) is 0.718. The van der Waals surface area contributed by atoms with E-state index in [2.05, 4.69) is 4.98 Å². The van der Waals surface area contributed by atoms with Crippen LogP contribution in [-0.2, 0) is 0 Å². The van der Waals surface area contributed by atoms with Crippen molar-refractivity contribution in [3.05, 3.63) is 92.4 Å². The Morgan fingerprint density at radius 2 is 1.86 bits per heavy atom. The highest BCUT2D eigenvalue weighted by Gasteiger charge is 2.44. The lowest BCUT2D eigenvalue weighted by Gasteiger charge is -2.25. The third kappa shape index (κ3) is 4.09. The number of fused-ring (bicyclic) bond motifs is 2. The van der Waals surface area contributed by atoms with E-state index in [0.29, 0.717) is 52.1 Å². The van der Waals surface area contributed by atoms with E-state index in [1.165, 1.54) is 4.90 Å². The van der Waals surface area contributed by atoms with Gasteiger partial charge in [0.15, 0.2) is 16.9 Å². The van der Waals surface area contributed by atoms with E-state index in [9.17, 15) is 9.59 Å². The highest BCUT2D eigenvalue weighted by Crippen LogP contribution is 2.43. The summed E-state index contributed by atoms with van der Waals surface area (Å²) < 4.78 is 17.7. The van der Waals surface area contributed by atoms with E-state index in [-0.39, 0.29) is 16.8 Å². The van der Waals surface area contributed by atoms with Crippen LogP contribution in [0.2, 0.25) is 5.02 Å². The fourth-order valence-electron chi connectivity index (χ4n) is 4.45. The van der Waals surface area contributed by atoms with Gasteiger partial charge in [-0.2, -0.15) is 0 Å². The number of rotatable bonds is 7. The van der Waals surface area contributed by atoms with Crippen LogP contribution >= 0.6 is 11.6 Å². The molecule has 0 spiro atoms. The van der Waals surface area contributed by atoms with Crippen LogP contribution in [0, 0.1) is 6.92 Å². The lowest BCUT2D eigenvalue weighted by Crippen LogP contribution is -2.30. The maximum atomic E-state index is 13.8. The predicted molar refractivity (Wildman–Crippen MR) is 139 cm³/mol. The highest BCUT2D eigenvalue weighted by molar-refractivity contribution is 6.31. The van der Waals surface area contributed by atoms with E-state index in [1.54, 1.807) is 30.3 Å². The number of amides is 1. The minimum Gasteiger partial charge on any atom is -0.490 e. The van der Waals surface area contributed by atoms with Crippen LogP contribution in [-0.4, -0.2) is 24.1 Å². The summed E-state index contributed by atoms with van der Waals surface area (Å²) in [6.45, 7) is 6.73. The van der Waals surface area contributed by atoms with Gasteiger partial charge in [0, 0.05) is 10.7 Å². The van der Waals surface area contributed by atoms with Gasteiger partial charge in [-0.1, -0.05) is 30.7 Å². The molecule has 3 heterocycles. The van der Waals surface area contributed by atoms with E-state index < -0.39 is 11.9 Å². The van der Waals surface area contributed by atoms with Crippen molar-refractivity contribution in [1.29, 1.82) is 0 Å². The average Bonchev–Trinajstić information content (AvgIpc) is 3.16. The molecular weight excluding hydrogens is 480 g/mol. The Balaban J connectivity index is 1.76. The number of pyridine rings is 1. The van der Waals surface area contributed by atoms with Crippen LogP contribution < -0.4 is 19.8 Å². The van der Waals surface area contributed by atoms with Gasteiger partial charge in [0.05, 0.1) is 30.2 Å². The molecule has 0 N–H and O–H groups in total. The molecule has 0 bridgehead atoms. The molecule has 1 atom stereocenters. The summed E-state index contributed by atoms with van der Waals surface area (Å²) in [5.74, 6) is 1.11. The fraction of sp³-hybridized carbons (Fsp3) is 0.250. The van der Waals surface area contributed by atoms with Crippen molar-refractivity contribution < 1.29 is 18.7 Å². The lowest BCUT2D eigenvalue weighted by molar-refractivity contribution is 0.0970. The van der Waals surface area contributed by atoms with Crippen molar-refractivity contribution in [2.24, 2.45) is 0 Å². The third-order valence-electron chi connectivity index (χ3n) is 6.00. The van der Waals surface area contributed by atoms with Crippen molar-refractivity contribution in [3.8, 4) is 11.5 Å². The molecule has 8 heteroatoms. The number of hydrogen-bond donors (Lipinski definition) is 0. The summed E-state index contributed by atoms with van der Waals surface area (Å²) in [6, 6.07) is 14.9. The second-order valence-corrected chi connectivity index (χ2v) is 8.95. The molecule has 5 rings (SSSR count). The molecular formula is C28H25ClN2O5. The van der Waals surface area contributed by atoms with Gasteiger partial charge in [-0.15, -0.1) is 0 Å². The average molecular weight is 505 g/mol. The Labute approximate surface area is 213 Å². The molecule has 0 fully saturated rings. The Morgan fingerprint density at radius 1 is 1.03 bits per heavy atom. The van der Waals surface area contributed by atoms with Gasteiger partial charge in [0.25, 0.3) is 5.91 Å². The number of aromatic nitrogens is 1. The van der Waals surface area contributed by atoms with Gasteiger partial charge in [-0.05, 0) is 68.3 Å². The zero-order valence-electron chi connectivity index (χ0n) is 20.2. The van der Waals surface area contributed by atoms with Gasteiger partial charge in [-0.3, -0.25) is 14.5 Å². The van der Waals surface area contributed by atoms with Gasteiger partial charge in [0.1, 0.15) is 11.4 Å². The van der Waals surface area contributed by atoms with Crippen LogP contribution in [0.25, 0.3) is 11.0 Å². The smallest absolute Gasteiger partial charge is 0.296 e. The second kappa shape index (κ2) is 9.66. The number of benzene rings is 2. The van der Waals surface area contributed by atoms with Crippen LogP contribution in [0.15, 0.2) is 63.8 Å². The first-order valence-electron chi connectivity index (χ1n) is 11.9. The van der Waals surface area contributed by atoms with Crippen molar-refractivity contribution >= 4 is 34.3 Å². The van der Waals surface area contributed by atoms with Crippen molar-refractivity contribution in [1.82, 2.24) is 4.98 Å².